The number of halogens is 1. The van der Waals surface area contributed by atoms with Crippen LogP contribution >= 0.6 is 0 Å². The van der Waals surface area contributed by atoms with Crippen molar-refractivity contribution in [1.29, 1.82) is 0 Å². The average molecular weight is 253 g/mol. The topological polar surface area (TPSA) is 58.3 Å². The van der Waals surface area contributed by atoms with Crippen LogP contribution in [0.25, 0.3) is 0 Å². The van der Waals surface area contributed by atoms with Crippen LogP contribution in [0.1, 0.15) is 6.92 Å². The van der Waals surface area contributed by atoms with Gasteiger partial charge in [-0.05, 0) is 12.5 Å². The Morgan fingerprint density at radius 2 is 1.89 bits per heavy atom. The third-order valence-electron chi connectivity index (χ3n) is 3.23. The summed E-state index contributed by atoms with van der Waals surface area (Å²) in [5, 5.41) is 0. The summed E-state index contributed by atoms with van der Waals surface area (Å²) in [7, 11) is 0. The Balaban J connectivity index is 1.84. The highest BCUT2D eigenvalue weighted by Crippen LogP contribution is 2.11. The van der Waals surface area contributed by atoms with Crippen molar-refractivity contribution in [3.8, 4) is 0 Å². The van der Waals surface area contributed by atoms with Crippen molar-refractivity contribution in [2.75, 3.05) is 44.2 Å². The van der Waals surface area contributed by atoms with Gasteiger partial charge in [0.25, 0.3) is 0 Å². The van der Waals surface area contributed by atoms with Crippen LogP contribution in [0.3, 0.4) is 0 Å². The van der Waals surface area contributed by atoms with Gasteiger partial charge in [-0.1, -0.05) is 6.92 Å². The molecule has 0 spiro atoms. The normalized spacial score (nSPS) is 18.9. The molecule has 1 atom stereocenters. The summed E-state index contributed by atoms with van der Waals surface area (Å²) in [5.41, 5.74) is 5.63. The van der Waals surface area contributed by atoms with Crippen molar-refractivity contribution in [2.45, 2.75) is 6.92 Å². The first-order valence-corrected chi connectivity index (χ1v) is 6.34. The molecule has 5 nitrogen and oxygen atoms in total. The van der Waals surface area contributed by atoms with Crippen molar-refractivity contribution < 1.29 is 4.39 Å². The molecule has 0 aliphatic carbocycles. The first kappa shape index (κ1) is 13.2. The van der Waals surface area contributed by atoms with E-state index in [1.54, 1.807) is 0 Å². The number of aromatic nitrogens is 2. The van der Waals surface area contributed by atoms with E-state index in [2.05, 4.69) is 26.7 Å². The van der Waals surface area contributed by atoms with Gasteiger partial charge in [0, 0.05) is 32.7 Å². The first-order chi connectivity index (χ1) is 8.69. The lowest BCUT2D eigenvalue weighted by Gasteiger charge is -2.35. The molecule has 100 valence electrons. The van der Waals surface area contributed by atoms with Crippen LogP contribution in [0, 0.1) is 11.7 Å². The molecule has 0 aromatic carbocycles. The lowest BCUT2D eigenvalue weighted by atomic mass is 10.1. The molecule has 2 heterocycles. The molecule has 18 heavy (non-hydrogen) atoms. The molecule has 1 aliphatic heterocycles. The van der Waals surface area contributed by atoms with E-state index in [1.165, 1.54) is 12.4 Å². The van der Waals surface area contributed by atoms with Gasteiger partial charge in [0.2, 0.25) is 5.95 Å². The fourth-order valence-corrected chi connectivity index (χ4v) is 2.11. The van der Waals surface area contributed by atoms with Gasteiger partial charge in [0.05, 0.1) is 12.4 Å². The maximum atomic E-state index is 12.7. The molecular weight excluding hydrogens is 233 g/mol. The second-order valence-corrected chi connectivity index (χ2v) is 4.83. The minimum absolute atomic E-state index is 0.394. The number of rotatable bonds is 4. The number of hydrogen-bond donors (Lipinski definition) is 1. The summed E-state index contributed by atoms with van der Waals surface area (Å²) in [6, 6.07) is 0. The van der Waals surface area contributed by atoms with Crippen LogP contribution in [0.4, 0.5) is 10.3 Å². The average Bonchev–Trinajstić information content (AvgIpc) is 2.40. The largest absolute Gasteiger partial charge is 0.338 e. The van der Waals surface area contributed by atoms with E-state index in [4.69, 9.17) is 5.73 Å². The van der Waals surface area contributed by atoms with Crippen LogP contribution in [-0.4, -0.2) is 54.1 Å². The van der Waals surface area contributed by atoms with Crippen LogP contribution < -0.4 is 10.6 Å². The zero-order chi connectivity index (χ0) is 13.0. The maximum Gasteiger partial charge on any atom is 0.225 e. The van der Waals surface area contributed by atoms with Gasteiger partial charge in [0.1, 0.15) is 0 Å². The van der Waals surface area contributed by atoms with E-state index in [0.29, 0.717) is 11.9 Å². The maximum absolute atomic E-state index is 12.7. The van der Waals surface area contributed by atoms with Gasteiger partial charge >= 0.3 is 0 Å². The molecule has 1 fully saturated rings. The fraction of sp³-hybridized carbons (Fsp3) is 0.667. The van der Waals surface area contributed by atoms with E-state index in [-0.39, 0.29) is 0 Å². The second kappa shape index (κ2) is 6.06. The van der Waals surface area contributed by atoms with Gasteiger partial charge in [-0.15, -0.1) is 0 Å². The van der Waals surface area contributed by atoms with Crippen molar-refractivity contribution in [3.05, 3.63) is 18.2 Å². The summed E-state index contributed by atoms with van der Waals surface area (Å²) < 4.78 is 12.7. The molecule has 1 unspecified atom stereocenters. The SMILES string of the molecule is CC(CN)CN1CCN(c2ncc(F)cn2)CC1. The van der Waals surface area contributed by atoms with E-state index in [9.17, 15) is 4.39 Å². The van der Waals surface area contributed by atoms with Gasteiger partial charge in [0.15, 0.2) is 5.82 Å². The minimum atomic E-state index is -0.394. The standard InChI is InChI=1S/C12H20FN5/c1-10(6-14)9-17-2-4-18(5-3-17)12-15-7-11(13)8-16-12/h7-8,10H,2-6,9,14H2,1H3. The highest BCUT2D eigenvalue weighted by Gasteiger charge is 2.19. The van der Waals surface area contributed by atoms with Gasteiger partial charge in [-0.25, -0.2) is 14.4 Å². The van der Waals surface area contributed by atoms with Crippen LogP contribution in [0.15, 0.2) is 12.4 Å². The predicted octanol–water partition coefficient (Wildman–Crippen LogP) is 0.333. The second-order valence-electron chi connectivity index (χ2n) is 4.83. The Morgan fingerprint density at radius 1 is 1.28 bits per heavy atom. The lowest BCUT2D eigenvalue weighted by molar-refractivity contribution is 0.226. The highest BCUT2D eigenvalue weighted by atomic mass is 19.1. The minimum Gasteiger partial charge on any atom is -0.338 e. The molecule has 1 aliphatic rings. The first-order valence-electron chi connectivity index (χ1n) is 6.34. The van der Waals surface area contributed by atoms with Gasteiger partial charge < -0.3 is 10.6 Å². The van der Waals surface area contributed by atoms with Gasteiger partial charge in [-0.3, -0.25) is 4.90 Å². The third-order valence-corrected chi connectivity index (χ3v) is 3.23. The molecule has 0 radical (unpaired) electrons. The molecule has 2 rings (SSSR count). The Bertz CT molecular complexity index is 361. The molecular formula is C12H20FN5. The fourth-order valence-electron chi connectivity index (χ4n) is 2.11. The highest BCUT2D eigenvalue weighted by molar-refractivity contribution is 5.29. The summed E-state index contributed by atoms with van der Waals surface area (Å²) in [4.78, 5) is 12.5. The molecule has 0 saturated carbocycles. The van der Waals surface area contributed by atoms with E-state index >= 15 is 0 Å². The summed E-state index contributed by atoms with van der Waals surface area (Å²) >= 11 is 0. The molecule has 2 N–H and O–H groups in total. The molecule has 1 aromatic rings. The van der Waals surface area contributed by atoms with Crippen molar-refractivity contribution in [1.82, 2.24) is 14.9 Å². The molecule has 1 aromatic heterocycles. The quantitative estimate of drug-likeness (QED) is 0.838. The van der Waals surface area contributed by atoms with Crippen LogP contribution in [0.2, 0.25) is 0 Å². The molecule has 0 amide bonds. The van der Waals surface area contributed by atoms with E-state index in [1.807, 2.05) is 0 Å². The third kappa shape index (κ3) is 3.36. The van der Waals surface area contributed by atoms with Crippen LogP contribution in [0.5, 0.6) is 0 Å². The summed E-state index contributed by atoms with van der Waals surface area (Å²) in [5.74, 6) is 0.746. The molecule has 0 bridgehead atoms. The predicted molar refractivity (Wildman–Crippen MR) is 68.9 cm³/mol. The Morgan fingerprint density at radius 3 is 2.44 bits per heavy atom. The van der Waals surface area contributed by atoms with Crippen molar-refractivity contribution >= 4 is 5.95 Å². The van der Waals surface area contributed by atoms with Crippen molar-refractivity contribution in [2.24, 2.45) is 11.7 Å². The zero-order valence-corrected chi connectivity index (χ0v) is 10.7. The van der Waals surface area contributed by atoms with E-state index < -0.39 is 5.82 Å². The lowest BCUT2D eigenvalue weighted by Crippen LogP contribution is -2.48. The van der Waals surface area contributed by atoms with Gasteiger partial charge in [-0.2, -0.15) is 0 Å². The number of nitrogens with zero attached hydrogens (tertiary/aromatic N) is 4. The van der Waals surface area contributed by atoms with E-state index in [0.717, 1.165) is 39.3 Å². The Kier molecular flexibility index (Phi) is 4.43. The Labute approximate surface area is 107 Å². The smallest absolute Gasteiger partial charge is 0.225 e. The molecule has 1 saturated heterocycles. The number of anilines is 1. The van der Waals surface area contributed by atoms with Crippen LogP contribution in [-0.2, 0) is 0 Å². The zero-order valence-electron chi connectivity index (χ0n) is 10.7. The molecule has 6 heteroatoms. The summed E-state index contributed by atoms with van der Waals surface area (Å²) in [6.45, 7) is 7.63. The summed E-state index contributed by atoms with van der Waals surface area (Å²) in [6.07, 6.45) is 2.43. The van der Waals surface area contributed by atoms with Crippen molar-refractivity contribution in [3.63, 3.8) is 0 Å². The number of nitrogens with two attached hydrogens (primary N) is 1. The number of hydrogen-bond acceptors (Lipinski definition) is 5. The Hall–Kier alpha value is -1.27. The monoisotopic (exact) mass is 253 g/mol. The number of piperazine rings is 1.